The van der Waals surface area contributed by atoms with Crippen molar-refractivity contribution in [1.29, 1.82) is 0 Å². The van der Waals surface area contributed by atoms with Crippen LogP contribution in [0, 0.1) is 0 Å². The molecule has 1 aliphatic heterocycles. The average molecular weight is 451 g/mol. The SMILES string of the molecule is FC(F)(F)c1ccc(N2CCN(c3nnc(Cc4ccccc4)c4c3C=CCC4)CC2)nc1. The van der Waals surface area contributed by atoms with Gasteiger partial charge >= 0.3 is 6.18 Å². The highest BCUT2D eigenvalue weighted by Crippen LogP contribution is 2.32. The third kappa shape index (κ3) is 4.55. The summed E-state index contributed by atoms with van der Waals surface area (Å²) >= 11 is 0. The molecule has 1 saturated heterocycles. The largest absolute Gasteiger partial charge is 0.417 e. The van der Waals surface area contributed by atoms with Crippen molar-refractivity contribution in [2.45, 2.75) is 25.4 Å². The molecule has 2 aliphatic rings. The Morgan fingerprint density at radius 2 is 1.64 bits per heavy atom. The maximum atomic E-state index is 12.8. The van der Waals surface area contributed by atoms with Gasteiger partial charge < -0.3 is 9.80 Å². The summed E-state index contributed by atoms with van der Waals surface area (Å²) in [5.74, 6) is 1.45. The highest BCUT2D eigenvalue weighted by Gasteiger charge is 2.31. The van der Waals surface area contributed by atoms with Crippen LogP contribution in [-0.2, 0) is 19.0 Å². The first kappa shape index (κ1) is 21.4. The van der Waals surface area contributed by atoms with Gasteiger partial charge in [0.1, 0.15) is 5.82 Å². The fraction of sp³-hybridized carbons (Fsp3) is 0.320. The molecule has 3 aromatic rings. The van der Waals surface area contributed by atoms with Crippen LogP contribution in [0.15, 0.2) is 54.7 Å². The molecule has 170 valence electrons. The van der Waals surface area contributed by atoms with Crippen LogP contribution in [0.25, 0.3) is 6.08 Å². The summed E-state index contributed by atoms with van der Waals surface area (Å²) in [7, 11) is 0. The molecule has 0 N–H and O–H groups in total. The molecular formula is C25H24F3N5. The van der Waals surface area contributed by atoms with Crippen LogP contribution >= 0.6 is 0 Å². The Balaban J connectivity index is 1.32. The van der Waals surface area contributed by atoms with E-state index in [-0.39, 0.29) is 0 Å². The lowest BCUT2D eigenvalue weighted by Gasteiger charge is -2.37. The Hall–Kier alpha value is -3.42. The van der Waals surface area contributed by atoms with Gasteiger partial charge in [0.05, 0.1) is 11.3 Å². The van der Waals surface area contributed by atoms with E-state index in [4.69, 9.17) is 0 Å². The Labute approximate surface area is 190 Å². The number of aromatic nitrogens is 3. The van der Waals surface area contributed by atoms with Crippen molar-refractivity contribution in [2.24, 2.45) is 0 Å². The molecule has 0 amide bonds. The second-order valence-electron chi connectivity index (χ2n) is 8.34. The van der Waals surface area contributed by atoms with Crippen LogP contribution in [0.5, 0.6) is 0 Å². The van der Waals surface area contributed by atoms with Crippen molar-refractivity contribution in [1.82, 2.24) is 15.2 Å². The lowest BCUT2D eigenvalue weighted by molar-refractivity contribution is -0.137. The van der Waals surface area contributed by atoms with Crippen molar-refractivity contribution in [3.05, 3.63) is 82.7 Å². The smallest absolute Gasteiger partial charge is 0.353 e. The number of alkyl halides is 3. The number of hydrogen-bond donors (Lipinski definition) is 0. The Morgan fingerprint density at radius 3 is 2.33 bits per heavy atom. The molecule has 33 heavy (non-hydrogen) atoms. The minimum Gasteiger partial charge on any atom is -0.353 e. The van der Waals surface area contributed by atoms with E-state index in [1.165, 1.54) is 17.2 Å². The minimum absolute atomic E-state index is 0.564. The normalized spacial score (nSPS) is 16.1. The molecule has 1 fully saturated rings. The first-order valence-corrected chi connectivity index (χ1v) is 11.1. The molecule has 8 heteroatoms. The minimum atomic E-state index is -4.37. The van der Waals surface area contributed by atoms with Gasteiger partial charge in [0, 0.05) is 44.4 Å². The number of allylic oxidation sites excluding steroid dienone is 1. The van der Waals surface area contributed by atoms with E-state index >= 15 is 0 Å². The quantitative estimate of drug-likeness (QED) is 0.572. The first-order chi connectivity index (χ1) is 16.0. The molecule has 1 aliphatic carbocycles. The van der Waals surface area contributed by atoms with Crippen LogP contribution < -0.4 is 9.80 Å². The second kappa shape index (κ2) is 8.84. The monoisotopic (exact) mass is 451 g/mol. The molecule has 0 atom stereocenters. The predicted octanol–water partition coefficient (Wildman–Crippen LogP) is 4.77. The number of hydrogen-bond acceptors (Lipinski definition) is 5. The summed E-state index contributed by atoms with van der Waals surface area (Å²) < 4.78 is 38.4. The number of benzene rings is 1. The van der Waals surface area contributed by atoms with E-state index in [2.05, 4.69) is 44.4 Å². The Morgan fingerprint density at radius 1 is 0.879 bits per heavy atom. The Kier molecular flexibility index (Phi) is 5.74. The summed E-state index contributed by atoms with van der Waals surface area (Å²) in [6.45, 7) is 2.72. The van der Waals surface area contributed by atoms with Gasteiger partial charge in [-0.05, 0) is 36.1 Å². The zero-order valence-electron chi connectivity index (χ0n) is 18.1. The maximum Gasteiger partial charge on any atom is 0.417 e. The molecule has 0 bridgehead atoms. The van der Waals surface area contributed by atoms with E-state index in [0.29, 0.717) is 32.0 Å². The van der Waals surface area contributed by atoms with Gasteiger partial charge in [0.25, 0.3) is 0 Å². The molecule has 3 heterocycles. The van der Waals surface area contributed by atoms with E-state index < -0.39 is 11.7 Å². The zero-order valence-corrected chi connectivity index (χ0v) is 18.1. The van der Waals surface area contributed by atoms with Gasteiger partial charge in [-0.1, -0.05) is 42.5 Å². The fourth-order valence-corrected chi connectivity index (χ4v) is 4.45. The lowest BCUT2D eigenvalue weighted by Crippen LogP contribution is -2.47. The van der Waals surface area contributed by atoms with Crippen LogP contribution in [0.1, 0.15) is 34.4 Å². The molecule has 0 unspecified atom stereocenters. The van der Waals surface area contributed by atoms with Gasteiger partial charge in [-0.15, -0.1) is 5.10 Å². The number of nitrogens with zero attached hydrogens (tertiary/aromatic N) is 5. The van der Waals surface area contributed by atoms with Crippen LogP contribution in [0.4, 0.5) is 24.8 Å². The molecule has 0 radical (unpaired) electrons. The van der Waals surface area contributed by atoms with Crippen LogP contribution in [0.3, 0.4) is 0 Å². The molecule has 0 saturated carbocycles. The number of piperazine rings is 1. The topological polar surface area (TPSA) is 45.2 Å². The number of rotatable bonds is 4. The second-order valence-corrected chi connectivity index (χ2v) is 8.34. The molecule has 5 nitrogen and oxygen atoms in total. The molecule has 2 aromatic heterocycles. The summed E-state index contributed by atoms with van der Waals surface area (Å²) in [5.41, 5.74) is 3.92. The summed E-state index contributed by atoms with van der Waals surface area (Å²) in [4.78, 5) is 8.26. The molecular weight excluding hydrogens is 427 g/mol. The van der Waals surface area contributed by atoms with Crippen molar-refractivity contribution in [2.75, 3.05) is 36.0 Å². The van der Waals surface area contributed by atoms with E-state index in [1.54, 1.807) is 0 Å². The third-order valence-corrected chi connectivity index (χ3v) is 6.22. The van der Waals surface area contributed by atoms with Crippen molar-refractivity contribution in [3.63, 3.8) is 0 Å². The third-order valence-electron chi connectivity index (χ3n) is 6.22. The Bertz CT molecular complexity index is 1140. The molecule has 0 spiro atoms. The summed E-state index contributed by atoms with van der Waals surface area (Å²) in [6.07, 6.45) is 3.57. The van der Waals surface area contributed by atoms with Gasteiger partial charge in [-0.2, -0.15) is 18.3 Å². The van der Waals surface area contributed by atoms with E-state index in [9.17, 15) is 13.2 Å². The van der Waals surface area contributed by atoms with Crippen molar-refractivity contribution in [3.8, 4) is 0 Å². The average Bonchev–Trinajstić information content (AvgIpc) is 2.85. The summed E-state index contributed by atoms with van der Waals surface area (Å²) in [6, 6.07) is 12.8. The standard InChI is InChI=1S/C25H24F3N5/c26-25(27,28)19-10-11-23(29-17-19)32-12-14-33(15-13-32)24-21-9-5-4-8-20(21)22(30-31-24)16-18-6-2-1-3-7-18/h1-3,5-7,9-11,17H,4,8,12-16H2. The zero-order chi connectivity index (χ0) is 22.8. The van der Waals surface area contributed by atoms with Crippen molar-refractivity contribution >= 4 is 17.7 Å². The van der Waals surface area contributed by atoms with Gasteiger partial charge in [0.15, 0.2) is 5.82 Å². The number of halogens is 3. The first-order valence-electron chi connectivity index (χ1n) is 11.1. The van der Waals surface area contributed by atoms with E-state index in [1.807, 2.05) is 23.1 Å². The van der Waals surface area contributed by atoms with Gasteiger partial charge in [-0.3, -0.25) is 0 Å². The maximum absolute atomic E-state index is 12.8. The number of anilines is 2. The lowest BCUT2D eigenvalue weighted by atomic mass is 9.93. The molecule has 1 aromatic carbocycles. The van der Waals surface area contributed by atoms with Gasteiger partial charge in [0.2, 0.25) is 0 Å². The highest BCUT2D eigenvalue weighted by molar-refractivity contribution is 5.69. The van der Waals surface area contributed by atoms with Gasteiger partial charge in [-0.25, -0.2) is 4.98 Å². The van der Waals surface area contributed by atoms with Crippen LogP contribution in [-0.4, -0.2) is 41.4 Å². The van der Waals surface area contributed by atoms with Crippen LogP contribution in [0.2, 0.25) is 0 Å². The number of fused-ring (bicyclic) bond motifs is 1. The predicted molar refractivity (Wildman–Crippen MR) is 122 cm³/mol. The summed E-state index contributed by atoms with van der Waals surface area (Å²) in [5, 5.41) is 9.23. The highest BCUT2D eigenvalue weighted by atomic mass is 19.4. The van der Waals surface area contributed by atoms with Crippen molar-refractivity contribution < 1.29 is 13.2 Å². The molecule has 5 rings (SSSR count). The van der Waals surface area contributed by atoms with E-state index in [0.717, 1.165) is 48.6 Å². The number of pyridine rings is 1. The fourth-order valence-electron chi connectivity index (χ4n) is 4.45.